The first-order valence-corrected chi connectivity index (χ1v) is 4.40. The fourth-order valence-corrected chi connectivity index (χ4v) is 1.29. The minimum atomic E-state index is -0.809. The maximum atomic E-state index is 10.7. The molecule has 0 saturated heterocycles. The fraction of sp³-hybridized carbons (Fsp3) is 0. The lowest BCUT2D eigenvalue weighted by Crippen LogP contribution is -2.24. The van der Waals surface area contributed by atoms with Crippen LogP contribution < -0.4 is 5.48 Å². The van der Waals surface area contributed by atoms with Gasteiger partial charge in [0.2, 0.25) is 5.71 Å². The SMILES string of the molecule is [O-]NC=C1C=C(C=NO)C(N(O)O)=CC1=[N+]([O-])[O-]. The van der Waals surface area contributed by atoms with Crippen LogP contribution in [-0.4, -0.2) is 37.7 Å². The van der Waals surface area contributed by atoms with Crippen molar-refractivity contribution >= 4 is 11.9 Å². The van der Waals surface area contributed by atoms with Gasteiger partial charge in [-0.05, 0) is 12.3 Å². The lowest BCUT2D eigenvalue weighted by Gasteiger charge is -2.20. The number of hydroxylamine groups is 3. The smallest absolute Gasteiger partial charge is 0.233 e. The van der Waals surface area contributed by atoms with Crippen LogP contribution in [0.3, 0.4) is 0 Å². The van der Waals surface area contributed by atoms with Crippen LogP contribution in [0, 0.1) is 15.6 Å². The van der Waals surface area contributed by atoms with Crippen molar-refractivity contribution < 1.29 is 20.5 Å². The van der Waals surface area contributed by atoms with E-state index in [-0.39, 0.29) is 22.1 Å². The Balaban J connectivity index is 3.37. The summed E-state index contributed by atoms with van der Waals surface area (Å²) in [4.78, 5) is -0.809. The summed E-state index contributed by atoms with van der Waals surface area (Å²) in [5.41, 5.74) is 0.293. The summed E-state index contributed by atoms with van der Waals surface area (Å²) in [6.07, 6.45) is 3.49. The van der Waals surface area contributed by atoms with Crippen LogP contribution >= 0.6 is 0 Å². The first kappa shape index (κ1) is 13.5. The van der Waals surface area contributed by atoms with Gasteiger partial charge < -0.3 is 26.3 Å². The Kier molecular flexibility index (Phi) is 4.26. The third-order valence-electron chi connectivity index (χ3n) is 2.00. The second-order valence-electron chi connectivity index (χ2n) is 3.02. The number of allylic oxidation sites excluding steroid dienone is 4. The quantitative estimate of drug-likeness (QED) is 0.233. The molecule has 10 nitrogen and oxygen atoms in total. The summed E-state index contributed by atoms with van der Waals surface area (Å²) in [6, 6.07) is 0. The largest absolute Gasteiger partial charge is 0.761 e. The maximum absolute atomic E-state index is 10.7. The van der Waals surface area contributed by atoms with E-state index in [0.717, 1.165) is 24.6 Å². The number of oxime groups is 1. The van der Waals surface area contributed by atoms with Gasteiger partial charge in [-0.2, -0.15) is 4.90 Å². The fourth-order valence-electron chi connectivity index (χ4n) is 1.29. The van der Waals surface area contributed by atoms with Crippen molar-refractivity contribution in [2.24, 2.45) is 5.16 Å². The molecule has 0 saturated carbocycles. The lowest BCUT2D eigenvalue weighted by molar-refractivity contribution is -0.377. The molecule has 0 aromatic rings. The van der Waals surface area contributed by atoms with Crippen molar-refractivity contribution in [3.63, 3.8) is 0 Å². The summed E-state index contributed by atoms with van der Waals surface area (Å²) in [7, 11) is 0. The van der Waals surface area contributed by atoms with Crippen molar-refractivity contribution in [2.45, 2.75) is 0 Å². The van der Waals surface area contributed by atoms with E-state index in [1.807, 2.05) is 0 Å². The van der Waals surface area contributed by atoms with Gasteiger partial charge in [0.05, 0.1) is 11.8 Å². The molecule has 10 heteroatoms. The Labute approximate surface area is 100 Å². The molecule has 0 fully saturated rings. The maximum Gasteiger partial charge on any atom is 0.233 e. The number of rotatable bonds is 3. The molecule has 1 aliphatic carbocycles. The van der Waals surface area contributed by atoms with E-state index in [0.29, 0.717) is 0 Å². The molecule has 0 aromatic heterocycles. The molecule has 0 radical (unpaired) electrons. The van der Waals surface area contributed by atoms with Gasteiger partial charge in [0.25, 0.3) is 0 Å². The van der Waals surface area contributed by atoms with Gasteiger partial charge in [0.1, 0.15) is 5.70 Å². The van der Waals surface area contributed by atoms with Gasteiger partial charge in [-0.1, -0.05) is 5.16 Å². The molecule has 0 atom stereocenters. The van der Waals surface area contributed by atoms with E-state index < -0.39 is 10.6 Å². The molecule has 18 heavy (non-hydrogen) atoms. The third-order valence-corrected chi connectivity index (χ3v) is 2.00. The van der Waals surface area contributed by atoms with E-state index in [1.165, 1.54) is 5.48 Å². The molecule has 0 bridgehead atoms. The van der Waals surface area contributed by atoms with Crippen molar-refractivity contribution in [1.29, 1.82) is 0 Å². The summed E-state index contributed by atoms with van der Waals surface area (Å²) in [6.45, 7) is 0. The Morgan fingerprint density at radius 3 is 2.44 bits per heavy atom. The van der Waals surface area contributed by atoms with Gasteiger partial charge in [-0.15, -0.1) is 5.23 Å². The van der Waals surface area contributed by atoms with E-state index in [2.05, 4.69) is 5.16 Å². The number of nitrogens with one attached hydrogen (secondary N) is 1. The second-order valence-corrected chi connectivity index (χ2v) is 3.02. The summed E-state index contributed by atoms with van der Waals surface area (Å²) in [5, 5.41) is 60.2. The van der Waals surface area contributed by atoms with E-state index >= 15 is 0 Å². The van der Waals surface area contributed by atoms with Crippen molar-refractivity contribution in [3.8, 4) is 0 Å². The summed E-state index contributed by atoms with van der Waals surface area (Å²) >= 11 is 0. The summed E-state index contributed by atoms with van der Waals surface area (Å²) in [5.74, 6) is 0. The standard InChI is InChI=1S/C8H8N4O6/c13-9-3-5-1-6(4-10-14)8(12(17)18)2-7(5)11(15)16/h1-4,9,17-18H,(H-,14,15,16)/q-2. The average Bonchev–Trinajstić information content (AvgIpc) is 2.29. The normalized spacial score (nSPS) is 17.7. The highest BCUT2D eigenvalue weighted by molar-refractivity contribution is 6.11. The molecule has 1 rings (SSSR count). The first-order valence-electron chi connectivity index (χ1n) is 4.40. The van der Waals surface area contributed by atoms with Gasteiger partial charge >= 0.3 is 0 Å². The zero-order chi connectivity index (χ0) is 13.7. The third kappa shape index (κ3) is 2.76. The van der Waals surface area contributed by atoms with Crippen LogP contribution in [-0.2, 0) is 0 Å². The van der Waals surface area contributed by atoms with Crippen LogP contribution in [0.5, 0.6) is 0 Å². The Hall–Kier alpha value is -2.56. The molecule has 0 heterocycles. The lowest BCUT2D eigenvalue weighted by atomic mass is 9.98. The zero-order valence-corrected chi connectivity index (χ0v) is 8.72. The molecule has 1 aliphatic rings. The molecular formula is C8H8N4O6-2. The Morgan fingerprint density at radius 1 is 1.33 bits per heavy atom. The van der Waals surface area contributed by atoms with Crippen LogP contribution in [0.4, 0.5) is 0 Å². The van der Waals surface area contributed by atoms with Crippen LogP contribution in [0.1, 0.15) is 0 Å². The van der Waals surface area contributed by atoms with Crippen LogP contribution in [0.2, 0.25) is 0 Å². The van der Waals surface area contributed by atoms with Gasteiger partial charge in [0, 0.05) is 11.6 Å². The molecule has 98 valence electrons. The predicted octanol–water partition coefficient (Wildman–Crippen LogP) is -0.229. The van der Waals surface area contributed by atoms with Gasteiger partial charge in [0.15, 0.2) is 0 Å². The summed E-state index contributed by atoms with van der Waals surface area (Å²) < 4.78 is 0. The monoisotopic (exact) mass is 256 g/mol. The molecule has 4 N–H and O–H groups in total. The van der Waals surface area contributed by atoms with E-state index in [1.54, 1.807) is 0 Å². The molecule has 0 spiro atoms. The Bertz CT molecular complexity index is 472. The van der Waals surface area contributed by atoms with E-state index in [9.17, 15) is 15.6 Å². The second kappa shape index (κ2) is 5.67. The molecule has 0 unspecified atom stereocenters. The van der Waals surface area contributed by atoms with Crippen molar-refractivity contribution in [2.75, 3.05) is 0 Å². The van der Waals surface area contributed by atoms with Crippen molar-refractivity contribution in [3.05, 3.63) is 50.8 Å². The van der Waals surface area contributed by atoms with Crippen LogP contribution in [0.15, 0.2) is 40.4 Å². The zero-order valence-electron chi connectivity index (χ0n) is 8.72. The minimum absolute atomic E-state index is 0.0467. The van der Waals surface area contributed by atoms with Gasteiger partial charge in [-0.3, -0.25) is 10.4 Å². The number of nitrogens with zero attached hydrogens (tertiary/aromatic N) is 3. The van der Waals surface area contributed by atoms with Gasteiger partial charge in [-0.25, -0.2) is 0 Å². The topological polar surface area (TPSA) is 161 Å². The molecule has 0 aliphatic heterocycles. The van der Waals surface area contributed by atoms with Crippen LogP contribution in [0.25, 0.3) is 0 Å². The minimum Gasteiger partial charge on any atom is -0.761 e. The highest BCUT2D eigenvalue weighted by Crippen LogP contribution is 2.21. The van der Waals surface area contributed by atoms with E-state index in [4.69, 9.17) is 15.6 Å². The average molecular weight is 256 g/mol. The molecule has 0 amide bonds. The first-order chi connectivity index (χ1) is 8.51. The van der Waals surface area contributed by atoms with Crippen molar-refractivity contribution in [1.82, 2.24) is 10.7 Å². The predicted molar refractivity (Wildman–Crippen MR) is 58.4 cm³/mol. The number of hydrogen-bond acceptors (Lipinski definition) is 9. The highest BCUT2D eigenvalue weighted by Gasteiger charge is 2.22. The molecular weight excluding hydrogens is 248 g/mol. The Morgan fingerprint density at radius 2 is 2.00 bits per heavy atom. The molecule has 0 aromatic carbocycles. The highest BCUT2D eigenvalue weighted by atomic mass is 16.8. The number of hydrogen-bond donors (Lipinski definition) is 4.